The first-order valence-corrected chi connectivity index (χ1v) is 12.8. The van der Waals surface area contributed by atoms with Crippen molar-refractivity contribution in [1.29, 1.82) is 0 Å². The van der Waals surface area contributed by atoms with Crippen molar-refractivity contribution in [2.24, 2.45) is 0 Å². The Hall–Kier alpha value is -4.18. The van der Waals surface area contributed by atoms with Gasteiger partial charge in [-0.2, -0.15) is 17.8 Å². The monoisotopic (exact) mass is 555 g/mol. The largest absolute Gasteiger partial charge is 0.416 e. The minimum absolute atomic E-state index is 0.199. The molecule has 0 spiro atoms. The molecule has 1 fully saturated rings. The van der Waals surface area contributed by atoms with E-state index in [0.29, 0.717) is 36.4 Å². The molecule has 16 heteroatoms. The number of nitrogens with zero attached hydrogens (tertiary/aromatic N) is 1. The number of aromatic amines is 3. The maximum atomic E-state index is 13.4. The third kappa shape index (κ3) is 5.70. The normalized spacial score (nSPS) is 15.8. The van der Waals surface area contributed by atoms with Gasteiger partial charge in [0.25, 0.3) is 11.1 Å². The van der Waals surface area contributed by atoms with Gasteiger partial charge in [0.1, 0.15) is 0 Å². The van der Waals surface area contributed by atoms with Crippen LogP contribution in [0.1, 0.15) is 30.1 Å². The summed E-state index contributed by atoms with van der Waals surface area (Å²) in [4.78, 5) is 54.8. The van der Waals surface area contributed by atoms with Crippen LogP contribution in [0.25, 0.3) is 21.8 Å². The van der Waals surface area contributed by atoms with Gasteiger partial charge in [-0.05, 0) is 42.7 Å². The molecule has 2 aromatic heterocycles. The van der Waals surface area contributed by atoms with E-state index in [0.717, 1.165) is 12.3 Å². The summed E-state index contributed by atoms with van der Waals surface area (Å²) in [5.41, 5.74) is -4.13. The highest BCUT2D eigenvalue weighted by atomic mass is 32.2. The summed E-state index contributed by atoms with van der Waals surface area (Å²) in [5.74, 6) is 0. The van der Waals surface area contributed by atoms with Gasteiger partial charge in [0.05, 0.1) is 39.7 Å². The van der Waals surface area contributed by atoms with Crippen LogP contribution in [0.3, 0.4) is 0 Å². The molecule has 12 nitrogen and oxygen atoms in total. The molecule has 4 N–H and O–H groups in total. The lowest BCUT2D eigenvalue weighted by molar-refractivity contribution is -0.139. The molecule has 0 radical (unpaired) electrons. The highest BCUT2D eigenvalue weighted by molar-refractivity contribution is 7.91. The molecule has 0 aliphatic carbocycles. The van der Waals surface area contributed by atoms with Gasteiger partial charge < -0.3 is 14.7 Å². The summed E-state index contributed by atoms with van der Waals surface area (Å²) in [5, 5.41) is 0.233. The SMILES string of the molecule is CS(=O)(=O)Nn1c(=O)[nH]c2cc(C(F)(F)F)c([C@@H]3CCCO3)cc2c1=O.O=c1[nH]c(=O)c2ccccc2[nH]1. The number of sulfonamides is 1. The van der Waals surface area contributed by atoms with Gasteiger partial charge in [-0.15, -0.1) is 0 Å². The fraction of sp³-hybridized carbons (Fsp3) is 0.273. The Balaban J connectivity index is 0.000000232. The Morgan fingerprint density at radius 2 is 1.71 bits per heavy atom. The molecule has 3 heterocycles. The average molecular weight is 555 g/mol. The third-order valence-corrected chi connectivity index (χ3v) is 6.07. The molecule has 4 aromatic rings. The quantitative estimate of drug-likeness (QED) is 0.294. The molecule has 1 aliphatic heterocycles. The molecule has 1 saturated heterocycles. The number of nitrogens with one attached hydrogen (secondary N) is 4. The Morgan fingerprint density at radius 3 is 2.34 bits per heavy atom. The van der Waals surface area contributed by atoms with E-state index < -0.39 is 44.8 Å². The van der Waals surface area contributed by atoms with Crippen molar-refractivity contribution in [2.45, 2.75) is 25.1 Å². The molecular weight excluding hydrogens is 535 g/mol. The van der Waals surface area contributed by atoms with Crippen LogP contribution >= 0.6 is 0 Å². The van der Waals surface area contributed by atoms with Crippen LogP contribution in [-0.2, 0) is 20.9 Å². The number of fused-ring (bicyclic) bond motifs is 2. The topological polar surface area (TPSA) is 176 Å². The molecular formula is C22H20F3N5O7S. The van der Waals surface area contributed by atoms with E-state index in [1.165, 1.54) is 0 Å². The summed E-state index contributed by atoms with van der Waals surface area (Å²) in [6.45, 7) is 0.297. The second kappa shape index (κ2) is 9.94. The standard InChI is InChI=1S/C14H14F3N3O5S.C8H6N2O2/c1-26(23,24)19-20-12(21)8-5-7(11-3-2-4-25-11)9(14(15,16)17)6-10(8)18-13(20)22;11-7-5-3-1-2-4-6(5)9-8(12)10-7/h5-6,11,19H,2-4H2,1H3,(H,18,22);1-4H,(H2,9,10,11,12)/t11-;/m0./s1. The number of hydrogen-bond donors (Lipinski definition) is 4. The molecule has 202 valence electrons. The third-order valence-electron chi connectivity index (χ3n) is 5.55. The highest BCUT2D eigenvalue weighted by Crippen LogP contribution is 2.40. The van der Waals surface area contributed by atoms with E-state index in [1.54, 1.807) is 29.1 Å². The number of para-hydroxylation sites is 1. The van der Waals surface area contributed by atoms with Crippen LogP contribution < -0.4 is 27.3 Å². The van der Waals surface area contributed by atoms with Crippen LogP contribution in [0.5, 0.6) is 0 Å². The maximum Gasteiger partial charge on any atom is 0.416 e. The van der Waals surface area contributed by atoms with Crippen LogP contribution in [0, 0.1) is 0 Å². The Labute approximate surface area is 210 Å². The Morgan fingerprint density at radius 1 is 1.00 bits per heavy atom. The second-order valence-corrected chi connectivity index (χ2v) is 10.1. The number of alkyl halides is 3. The van der Waals surface area contributed by atoms with Gasteiger partial charge in [-0.1, -0.05) is 12.1 Å². The van der Waals surface area contributed by atoms with Crippen LogP contribution in [-0.4, -0.2) is 40.9 Å². The van der Waals surface area contributed by atoms with Crippen LogP contribution in [0.4, 0.5) is 13.2 Å². The molecule has 0 saturated carbocycles. The smallest absolute Gasteiger partial charge is 0.374 e. The van der Waals surface area contributed by atoms with Gasteiger partial charge in [-0.3, -0.25) is 14.6 Å². The van der Waals surface area contributed by atoms with Gasteiger partial charge in [-0.25, -0.2) is 22.8 Å². The lowest BCUT2D eigenvalue weighted by atomic mass is 9.97. The van der Waals surface area contributed by atoms with Crippen LogP contribution in [0.15, 0.2) is 55.6 Å². The summed E-state index contributed by atoms with van der Waals surface area (Å²) in [7, 11) is -3.96. The van der Waals surface area contributed by atoms with E-state index in [2.05, 4.69) is 15.0 Å². The van der Waals surface area contributed by atoms with Gasteiger partial charge in [0, 0.05) is 6.61 Å². The number of H-pyrrole nitrogens is 3. The van der Waals surface area contributed by atoms with Crippen LogP contribution in [0.2, 0.25) is 0 Å². The zero-order chi connectivity index (χ0) is 27.8. The van der Waals surface area contributed by atoms with Crippen molar-refractivity contribution in [2.75, 3.05) is 17.7 Å². The first-order valence-electron chi connectivity index (χ1n) is 11.0. The van der Waals surface area contributed by atoms with E-state index in [4.69, 9.17) is 4.74 Å². The summed E-state index contributed by atoms with van der Waals surface area (Å²) >= 11 is 0. The van der Waals surface area contributed by atoms with Crippen molar-refractivity contribution in [3.05, 3.63) is 89.2 Å². The second-order valence-electron chi connectivity index (χ2n) is 8.37. The van der Waals surface area contributed by atoms with Crippen molar-refractivity contribution in [3.63, 3.8) is 0 Å². The van der Waals surface area contributed by atoms with Gasteiger partial charge in [0.2, 0.25) is 10.0 Å². The molecule has 1 atom stereocenters. The predicted molar refractivity (Wildman–Crippen MR) is 131 cm³/mol. The molecule has 38 heavy (non-hydrogen) atoms. The highest BCUT2D eigenvalue weighted by Gasteiger charge is 2.37. The van der Waals surface area contributed by atoms with Crippen molar-refractivity contribution < 1.29 is 26.3 Å². The minimum Gasteiger partial charge on any atom is -0.374 e. The van der Waals surface area contributed by atoms with Gasteiger partial charge >= 0.3 is 17.6 Å². The average Bonchev–Trinajstić information content (AvgIpc) is 3.35. The number of hydrogen-bond acceptors (Lipinski definition) is 7. The molecule has 1 aliphatic rings. The number of ether oxygens (including phenoxy) is 1. The molecule has 0 bridgehead atoms. The summed E-state index contributed by atoms with van der Waals surface area (Å²) < 4.78 is 68.4. The van der Waals surface area contributed by atoms with Crippen molar-refractivity contribution >= 4 is 31.8 Å². The first-order chi connectivity index (χ1) is 17.7. The molecule has 0 amide bonds. The lowest BCUT2D eigenvalue weighted by Gasteiger charge is -2.18. The molecule has 2 aromatic carbocycles. The van der Waals surface area contributed by atoms with E-state index >= 15 is 0 Å². The van der Waals surface area contributed by atoms with E-state index in [1.807, 2.05) is 0 Å². The Kier molecular flexibility index (Phi) is 7.03. The summed E-state index contributed by atoms with van der Waals surface area (Å²) in [6.07, 6.45) is -3.89. The van der Waals surface area contributed by atoms with E-state index in [-0.39, 0.29) is 26.7 Å². The minimum atomic E-state index is -4.72. The predicted octanol–water partition coefficient (Wildman–Crippen LogP) is 1.28. The zero-order valence-electron chi connectivity index (χ0n) is 19.5. The number of aromatic nitrogens is 4. The molecule has 0 unspecified atom stereocenters. The van der Waals surface area contributed by atoms with Gasteiger partial charge in [0.15, 0.2) is 0 Å². The zero-order valence-corrected chi connectivity index (χ0v) is 20.3. The lowest BCUT2D eigenvalue weighted by Crippen LogP contribution is -2.43. The maximum absolute atomic E-state index is 13.4. The number of halogens is 3. The van der Waals surface area contributed by atoms with Crippen molar-refractivity contribution in [3.8, 4) is 0 Å². The fourth-order valence-electron chi connectivity index (χ4n) is 3.98. The van der Waals surface area contributed by atoms with E-state index in [9.17, 15) is 40.8 Å². The fourth-order valence-corrected chi connectivity index (χ4v) is 4.48. The number of rotatable bonds is 3. The Bertz CT molecular complexity index is 1870. The first kappa shape index (κ1) is 26.9. The van der Waals surface area contributed by atoms with Crippen molar-refractivity contribution in [1.82, 2.24) is 19.6 Å². The molecule has 5 rings (SSSR count). The number of benzene rings is 2. The summed E-state index contributed by atoms with van der Waals surface area (Å²) in [6, 6.07) is 8.51.